The molecule has 0 aromatic carbocycles. The highest BCUT2D eigenvalue weighted by Crippen LogP contribution is 2.43. The van der Waals surface area contributed by atoms with E-state index in [0.29, 0.717) is 5.82 Å². The normalized spacial score (nSPS) is 24.9. The van der Waals surface area contributed by atoms with Crippen LogP contribution in [0.4, 0.5) is 0 Å². The van der Waals surface area contributed by atoms with Gasteiger partial charge in [0.1, 0.15) is 12.2 Å². The maximum absolute atomic E-state index is 6.03. The maximum atomic E-state index is 6.03. The van der Waals surface area contributed by atoms with Gasteiger partial charge in [-0.2, -0.15) is 5.10 Å². The lowest BCUT2D eigenvalue weighted by Gasteiger charge is -2.22. The van der Waals surface area contributed by atoms with Crippen LogP contribution in [0, 0.1) is 0 Å². The van der Waals surface area contributed by atoms with E-state index in [-0.39, 0.29) is 18.3 Å². The highest BCUT2D eigenvalue weighted by atomic mass is 16.6. The van der Waals surface area contributed by atoms with Gasteiger partial charge in [0, 0.05) is 24.4 Å². The monoisotopic (exact) mass is 287 g/mol. The van der Waals surface area contributed by atoms with Crippen LogP contribution in [-0.4, -0.2) is 25.9 Å². The van der Waals surface area contributed by atoms with E-state index in [4.69, 9.17) is 15.5 Å². The van der Waals surface area contributed by atoms with Crippen molar-refractivity contribution in [2.45, 2.75) is 44.5 Å². The van der Waals surface area contributed by atoms with Gasteiger partial charge in [-0.05, 0) is 19.8 Å². The standard InChI is InChI=1S/C14H17N5O2/c1-8(21-15)13-10-6-9-2-3-11(20-9)14(10)19(18-13)12-7-16-4-5-17-12/h4-5,7-9,11H,2-3,6,15H2,1H3. The van der Waals surface area contributed by atoms with Crippen molar-refractivity contribution in [2.75, 3.05) is 0 Å². The van der Waals surface area contributed by atoms with Crippen LogP contribution < -0.4 is 5.90 Å². The van der Waals surface area contributed by atoms with E-state index >= 15 is 0 Å². The average molecular weight is 287 g/mol. The molecule has 3 atom stereocenters. The summed E-state index contributed by atoms with van der Waals surface area (Å²) in [7, 11) is 0. The zero-order valence-corrected chi connectivity index (χ0v) is 11.8. The lowest BCUT2D eigenvalue weighted by atomic mass is 10.0. The maximum Gasteiger partial charge on any atom is 0.172 e. The number of nitrogens with two attached hydrogens (primary N) is 1. The van der Waals surface area contributed by atoms with Crippen LogP contribution >= 0.6 is 0 Å². The quantitative estimate of drug-likeness (QED) is 0.858. The van der Waals surface area contributed by atoms with Gasteiger partial charge in [0.2, 0.25) is 0 Å². The zero-order chi connectivity index (χ0) is 14.4. The molecule has 2 aliphatic rings. The van der Waals surface area contributed by atoms with E-state index in [1.54, 1.807) is 18.6 Å². The second-order valence-electron chi connectivity index (χ2n) is 5.53. The van der Waals surface area contributed by atoms with Crippen molar-refractivity contribution in [3.63, 3.8) is 0 Å². The van der Waals surface area contributed by atoms with Gasteiger partial charge in [-0.25, -0.2) is 15.6 Å². The average Bonchev–Trinajstić information content (AvgIpc) is 3.10. The molecule has 1 fully saturated rings. The Morgan fingerprint density at radius 3 is 3.10 bits per heavy atom. The molecule has 2 aromatic rings. The summed E-state index contributed by atoms with van der Waals surface area (Å²) in [6.07, 6.45) is 8.06. The first kappa shape index (κ1) is 12.9. The third-order valence-electron chi connectivity index (χ3n) is 4.25. The molecular formula is C14H17N5O2. The summed E-state index contributed by atoms with van der Waals surface area (Å²) in [6.45, 7) is 1.90. The van der Waals surface area contributed by atoms with Crippen molar-refractivity contribution in [2.24, 2.45) is 5.90 Å². The van der Waals surface area contributed by atoms with Crippen LogP contribution in [0.25, 0.3) is 5.82 Å². The molecule has 2 bridgehead atoms. The number of hydrogen-bond donors (Lipinski definition) is 1. The van der Waals surface area contributed by atoms with Crippen molar-refractivity contribution in [1.29, 1.82) is 0 Å². The Balaban J connectivity index is 1.90. The van der Waals surface area contributed by atoms with Crippen LogP contribution in [0.5, 0.6) is 0 Å². The third-order valence-corrected chi connectivity index (χ3v) is 4.25. The molecule has 0 spiro atoms. The minimum absolute atomic E-state index is 0.0759. The number of rotatable bonds is 3. The number of nitrogens with zero attached hydrogens (tertiary/aromatic N) is 4. The van der Waals surface area contributed by atoms with Crippen LogP contribution in [0.15, 0.2) is 18.6 Å². The van der Waals surface area contributed by atoms with Crippen molar-refractivity contribution in [3.05, 3.63) is 35.5 Å². The molecule has 7 heteroatoms. The predicted molar refractivity (Wildman–Crippen MR) is 73.4 cm³/mol. The largest absolute Gasteiger partial charge is 0.368 e. The fourth-order valence-electron chi connectivity index (χ4n) is 3.27. The first-order valence-electron chi connectivity index (χ1n) is 7.17. The predicted octanol–water partition coefficient (Wildman–Crippen LogP) is 1.39. The molecule has 1 saturated heterocycles. The van der Waals surface area contributed by atoms with E-state index in [0.717, 1.165) is 30.7 Å². The molecule has 3 unspecified atom stereocenters. The first-order valence-corrected chi connectivity index (χ1v) is 7.17. The highest BCUT2D eigenvalue weighted by Gasteiger charge is 2.40. The smallest absolute Gasteiger partial charge is 0.172 e. The second-order valence-corrected chi connectivity index (χ2v) is 5.53. The lowest BCUT2D eigenvalue weighted by Crippen LogP contribution is -2.20. The fraction of sp³-hybridized carbons (Fsp3) is 0.500. The van der Waals surface area contributed by atoms with Gasteiger partial charge >= 0.3 is 0 Å². The highest BCUT2D eigenvalue weighted by molar-refractivity contribution is 5.38. The number of aromatic nitrogens is 4. The Morgan fingerprint density at radius 1 is 1.43 bits per heavy atom. The molecule has 0 radical (unpaired) electrons. The van der Waals surface area contributed by atoms with E-state index in [1.807, 2.05) is 11.6 Å². The summed E-state index contributed by atoms with van der Waals surface area (Å²) >= 11 is 0. The van der Waals surface area contributed by atoms with Crippen LogP contribution in [-0.2, 0) is 16.0 Å². The number of fused-ring (bicyclic) bond motifs is 4. The molecule has 2 N–H and O–H groups in total. The third kappa shape index (κ3) is 1.97. The van der Waals surface area contributed by atoms with Crippen molar-refractivity contribution >= 4 is 0 Å². The Bertz CT molecular complexity index is 657. The molecule has 2 aliphatic heterocycles. The van der Waals surface area contributed by atoms with Gasteiger partial charge in [-0.1, -0.05) is 0 Å². The Hall–Kier alpha value is -1.83. The van der Waals surface area contributed by atoms with Gasteiger partial charge in [-0.15, -0.1) is 0 Å². The van der Waals surface area contributed by atoms with Crippen LogP contribution in [0.1, 0.15) is 48.9 Å². The molecule has 2 aromatic heterocycles. The Labute approximate surface area is 122 Å². The molecular weight excluding hydrogens is 270 g/mol. The number of ether oxygens (including phenoxy) is 1. The summed E-state index contributed by atoms with van der Waals surface area (Å²) < 4.78 is 7.86. The number of hydrogen-bond acceptors (Lipinski definition) is 6. The summed E-state index contributed by atoms with van der Waals surface area (Å²) in [4.78, 5) is 13.5. The van der Waals surface area contributed by atoms with E-state index < -0.39 is 0 Å². The van der Waals surface area contributed by atoms with E-state index in [1.165, 1.54) is 5.56 Å². The summed E-state index contributed by atoms with van der Waals surface area (Å²) in [5.41, 5.74) is 3.14. The Morgan fingerprint density at radius 2 is 2.33 bits per heavy atom. The minimum Gasteiger partial charge on any atom is -0.368 e. The summed E-state index contributed by atoms with van der Waals surface area (Å²) in [5, 5.41) is 4.68. The van der Waals surface area contributed by atoms with Crippen molar-refractivity contribution in [1.82, 2.24) is 19.7 Å². The van der Waals surface area contributed by atoms with E-state index in [9.17, 15) is 0 Å². The van der Waals surface area contributed by atoms with Crippen LogP contribution in [0.3, 0.4) is 0 Å². The second kappa shape index (κ2) is 4.87. The molecule has 7 nitrogen and oxygen atoms in total. The summed E-state index contributed by atoms with van der Waals surface area (Å²) in [6, 6.07) is 0. The van der Waals surface area contributed by atoms with Crippen molar-refractivity contribution in [3.8, 4) is 5.82 Å². The first-order chi connectivity index (χ1) is 10.3. The molecule has 0 saturated carbocycles. The van der Waals surface area contributed by atoms with Crippen LogP contribution in [0.2, 0.25) is 0 Å². The van der Waals surface area contributed by atoms with Gasteiger partial charge < -0.3 is 4.74 Å². The molecule has 0 aliphatic carbocycles. The minimum atomic E-state index is -0.255. The molecule has 110 valence electrons. The Kier molecular flexibility index (Phi) is 2.99. The molecule has 0 amide bonds. The molecule has 4 heterocycles. The topological polar surface area (TPSA) is 88.1 Å². The summed E-state index contributed by atoms with van der Waals surface area (Å²) in [5.74, 6) is 6.05. The van der Waals surface area contributed by atoms with Gasteiger partial charge in [0.25, 0.3) is 0 Å². The SMILES string of the molecule is CC(ON)c1nn(-c2cnccn2)c2c1CC1CCC2O1. The molecule has 4 rings (SSSR count). The van der Waals surface area contributed by atoms with Gasteiger partial charge in [-0.3, -0.25) is 9.82 Å². The van der Waals surface area contributed by atoms with E-state index in [2.05, 4.69) is 15.1 Å². The molecule has 21 heavy (non-hydrogen) atoms. The fourth-order valence-corrected chi connectivity index (χ4v) is 3.27. The lowest BCUT2D eigenvalue weighted by molar-refractivity contribution is 0.0269. The van der Waals surface area contributed by atoms with Crippen molar-refractivity contribution < 1.29 is 9.57 Å². The van der Waals surface area contributed by atoms with Gasteiger partial charge in [0.05, 0.1) is 23.7 Å². The zero-order valence-electron chi connectivity index (χ0n) is 11.8. The van der Waals surface area contributed by atoms with Gasteiger partial charge in [0.15, 0.2) is 5.82 Å².